The molecule has 0 spiro atoms. The second-order valence-corrected chi connectivity index (χ2v) is 8.57. The Morgan fingerprint density at radius 1 is 1.19 bits per heavy atom. The topological polar surface area (TPSA) is 63.9 Å². The number of nitrogens with zero attached hydrogens (tertiary/aromatic N) is 5. The van der Waals surface area contributed by atoms with Crippen LogP contribution < -0.4 is 10.5 Å². The lowest BCUT2D eigenvalue weighted by Crippen LogP contribution is -2.38. The average Bonchev–Trinajstić information content (AvgIpc) is 3.41. The first kappa shape index (κ1) is 16.3. The van der Waals surface area contributed by atoms with Crippen molar-refractivity contribution in [3.8, 4) is 0 Å². The zero-order valence-corrected chi connectivity index (χ0v) is 15.6. The molecule has 1 saturated carbocycles. The quantitative estimate of drug-likeness (QED) is 0.824. The summed E-state index contributed by atoms with van der Waals surface area (Å²) in [7, 11) is 0. The van der Waals surface area contributed by atoms with Gasteiger partial charge in [-0.3, -0.25) is 9.78 Å². The van der Waals surface area contributed by atoms with Gasteiger partial charge in [0.15, 0.2) is 5.82 Å². The maximum Gasteiger partial charge on any atom is 0.267 e. The summed E-state index contributed by atoms with van der Waals surface area (Å²) in [5, 5.41) is 4.70. The van der Waals surface area contributed by atoms with Crippen LogP contribution in [-0.4, -0.2) is 38.1 Å². The van der Waals surface area contributed by atoms with Crippen molar-refractivity contribution < 1.29 is 0 Å². The van der Waals surface area contributed by atoms with Crippen molar-refractivity contribution in [1.29, 1.82) is 0 Å². The highest BCUT2D eigenvalue weighted by Crippen LogP contribution is 2.43. The number of hydrogen-bond acceptors (Lipinski definition) is 6. The molecular formula is C19H23N5OS. The summed E-state index contributed by atoms with van der Waals surface area (Å²) in [6.07, 6.45) is 9.18. The molecule has 5 rings (SSSR count). The minimum Gasteiger partial charge on any atom is -0.350 e. The summed E-state index contributed by atoms with van der Waals surface area (Å²) in [6, 6.07) is 2.07. The van der Waals surface area contributed by atoms with Crippen LogP contribution in [0.25, 0.3) is 0 Å². The van der Waals surface area contributed by atoms with Crippen LogP contribution in [0, 0.1) is 0 Å². The van der Waals surface area contributed by atoms with Gasteiger partial charge in [0.05, 0.1) is 24.0 Å². The normalized spacial score (nSPS) is 22.5. The van der Waals surface area contributed by atoms with E-state index in [2.05, 4.69) is 14.9 Å². The Hall–Kier alpha value is -1.89. The molecule has 136 valence electrons. The van der Waals surface area contributed by atoms with Gasteiger partial charge in [0.1, 0.15) is 0 Å². The number of rotatable bonds is 4. The lowest BCUT2D eigenvalue weighted by atomic mass is 10.2. The first-order valence-corrected chi connectivity index (χ1v) is 10.7. The van der Waals surface area contributed by atoms with Gasteiger partial charge >= 0.3 is 0 Å². The lowest BCUT2D eigenvalue weighted by molar-refractivity contribution is 0.479. The molecule has 2 aliphatic heterocycles. The van der Waals surface area contributed by atoms with Crippen molar-refractivity contribution in [3.05, 3.63) is 45.8 Å². The van der Waals surface area contributed by atoms with Crippen LogP contribution in [0.15, 0.2) is 23.3 Å². The van der Waals surface area contributed by atoms with Gasteiger partial charge in [-0.15, -0.1) is 0 Å². The van der Waals surface area contributed by atoms with E-state index in [1.54, 1.807) is 23.1 Å². The molecule has 1 unspecified atom stereocenters. The minimum absolute atomic E-state index is 0.0275. The van der Waals surface area contributed by atoms with Crippen LogP contribution in [0.2, 0.25) is 0 Å². The molecule has 1 aliphatic carbocycles. The van der Waals surface area contributed by atoms with Crippen molar-refractivity contribution in [3.63, 3.8) is 0 Å². The number of fused-ring (bicyclic) bond motifs is 1. The van der Waals surface area contributed by atoms with Gasteiger partial charge in [-0.25, -0.2) is 9.67 Å². The number of thioether (sulfide) groups is 1. The summed E-state index contributed by atoms with van der Waals surface area (Å²) in [4.78, 5) is 24.2. The third kappa shape index (κ3) is 3.02. The highest BCUT2D eigenvalue weighted by atomic mass is 32.2. The number of aryl methyl sites for hydroxylation is 1. The summed E-state index contributed by atoms with van der Waals surface area (Å²) in [6.45, 7) is 1.62. The van der Waals surface area contributed by atoms with Gasteiger partial charge in [0.25, 0.3) is 5.56 Å². The van der Waals surface area contributed by atoms with E-state index in [0.717, 1.165) is 60.1 Å². The SMILES string of the molecule is O=c1cc2c(nn1CC1CCCN1c1nccnc1C1CC1)CCSC2. The van der Waals surface area contributed by atoms with E-state index in [4.69, 9.17) is 5.10 Å². The van der Waals surface area contributed by atoms with E-state index in [9.17, 15) is 4.79 Å². The maximum absolute atomic E-state index is 12.6. The second kappa shape index (κ2) is 6.68. The summed E-state index contributed by atoms with van der Waals surface area (Å²) in [5.74, 6) is 3.61. The fourth-order valence-corrected chi connectivity index (χ4v) is 5.05. The minimum atomic E-state index is 0.0275. The Labute approximate surface area is 157 Å². The largest absolute Gasteiger partial charge is 0.350 e. The van der Waals surface area contributed by atoms with Crippen molar-refractivity contribution in [2.45, 2.75) is 56.4 Å². The molecule has 2 fully saturated rings. The average molecular weight is 369 g/mol. The van der Waals surface area contributed by atoms with Gasteiger partial charge in [-0.2, -0.15) is 16.9 Å². The zero-order chi connectivity index (χ0) is 17.5. The smallest absolute Gasteiger partial charge is 0.267 e. The van der Waals surface area contributed by atoms with Crippen molar-refractivity contribution in [1.82, 2.24) is 19.7 Å². The van der Waals surface area contributed by atoms with Crippen LogP contribution in [0.1, 0.15) is 48.6 Å². The van der Waals surface area contributed by atoms with E-state index in [-0.39, 0.29) is 11.6 Å². The molecule has 0 bridgehead atoms. The van der Waals surface area contributed by atoms with Crippen LogP contribution >= 0.6 is 11.8 Å². The second-order valence-electron chi connectivity index (χ2n) is 7.47. The highest BCUT2D eigenvalue weighted by Gasteiger charge is 2.34. The molecule has 1 saturated heterocycles. The molecule has 7 heteroatoms. The fraction of sp³-hybridized carbons (Fsp3) is 0.579. The molecule has 0 amide bonds. The molecule has 2 aromatic rings. The Kier molecular flexibility index (Phi) is 4.19. The van der Waals surface area contributed by atoms with Crippen LogP contribution in [0.5, 0.6) is 0 Å². The highest BCUT2D eigenvalue weighted by molar-refractivity contribution is 7.98. The van der Waals surface area contributed by atoms with E-state index < -0.39 is 0 Å². The van der Waals surface area contributed by atoms with Gasteiger partial charge in [-0.05, 0) is 37.0 Å². The Morgan fingerprint density at radius 2 is 2.08 bits per heavy atom. The lowest BCUT2D eigenvalue weighted by Gasteiger charge is -2.27. The van der Waals surface area contributed by atoms with Gasteiger partial charge < -0.3 is 4.90 Å². The molecule has 6 nitrogen and oxygen atoms in total. The predicted octanol–water partition coefficient (Wildman–Crippen LogP) is 2.37. The fourth-order valence-electron chi connectivity index (χ4n) is 4.09. The molecule has 26 heavy (non-hydrogen) atoms. The molecular weight excluding hydrogens is 346 g/mol. The summed E-state index contributed by atoms with van der Waals surface area (Å²) < 4.78 is 1.69. The predicted molar refractivity (Wildman–Crippen MR) is 103 cm³/mol. The molecule has 0 N–H and O–H groups in total. The van der Waals surface area contributed by atoms with E-state index in [1.807, 2.05) is 11.8 Å². The number of anilines is 1. The molecule has 3 aliphatic rings. The maximum atomic E-state index is 12.6. The third-order valence-electron chi connectivity index (χ3n) is 5.61. The van der Waals surface area contributed by atoms with Gasteiger partial charge in [-0.1, -0.05) is 0 Å². The first-order valence-electron chi connectivity index (χ1n) is 9.55. The van der Waals surface area contributed by atoms with Crippen LogP contribution in [0.4, 0.5) is 5.82 Å². The van der Waals surface area contributed by atoms with Gasteiger partial charge in [0.2, 0.25) is 0 Å². The van der Waals surface area contributed by atoms with Crippen LogP contribution in [-0.2, 0) is 18.7 Å². The third-order valence-corrected chi connectivity index (χ3v) is 6.62. The Bertz CT molecular complexity index is 878. The first-order chi connectivity index (χ1) is 12.8. The van der Waals surface area contributed by atoms with Crippen molar-refractivity contribution >= 4 is 17.6 Å². The van der Waals surface area contributed by atoms with E-state index in [0.29, 0.717) is 12.5 Å². The molecule has 0 radical (unpaired) electrons. The van der Waals surface area contributed by atoms with Crippen molar-refractivity contribution in [2.75, 3.05) is 17.2 Å². The standard InChI is InChI=1S/C19H23N5OS/c25-17-10-14-12-26-9-5-16(14)22-24(17)11-15-2-1-8-23(15)19-18(13-3-4-13)20-6-7-21-19/h6-7,10,13,15H,1-5,8-9,11-12H2. The van der Waals surface area contributed by atoms with E-state index in [1.165, 1.54) is 12.8 Å². The molecule has 0 aromatic carbocycles. The van der Waals surface area contributed by atoms with Crippen molar-refractivity contribution in [2.24, 2.45) is 0 Å². The molecule has 2 aromatic heterocycles. The Balaban J connectivity index is 1.43. The number of hydrogen-bond donors (Lipinski definition) is 0. The summed E-state index contributed by atoms with van der Waals surface area (Å²) >= 11 is 1.88. The van der Waals surface area contributed by atoms with Gasteiger partial charge in [0, 0.05) is 43.1 Å². The van der Waals surface area contributed by atoms with Crippen LogP contribution in [0.3, 0.4) is 0 Å². The number of aromatic nitrogens is 4. The molecule has 4 heterocycles. The Morgan fingerprint density at radius 3 is 2.96 bits per heavy atom. The summed E-state index contributed by atoms with van der Waals surface area (Å²) in [5.41, 5.74) is 3.39. The zero-order valence-electron chi connectivity index (χ0n) is 14.8. The van der Waals surface area contributed by atoms with E-state index >= 15 is 0 Å². The monoisotopic (exact) mass is 369 g/mol. The molecule has 1 atom stereocenters.